The number of hydrogen-bond donors (Lipinski definition) is 0. The first-order valence-corrected chi connectivity index (χ1v) is 26.4. The molecular formula is C48H80O8P2. The van der Waals surface area contributed by atoms with Crippen molar-refractivity contribution < 1.29 is 37.2 Å². The van der Waals surface area contributed by atoms with Gasteiger partial charge in [0.25, 0.3) is 0 Å². The van der Waals surface area contributed by atoms with E-state index < -0.39 is 0 Å². The Morgan fingerprint density at radius 1 is 0.414 bits per heavy atom. The zero-order valence-electron chi connectivity index (χ0n) is 36.6. The molecular weight excluding hydrogens is 766 g/mol. The summed E-state index contributed by atoms with van der Waals surface area (Å²) >= 11 is 0. The molecule has 8 rings (SSSR count). The zero-order valence-corrected chi connectivity index (χ0v) is 38.6. The van der Waals surface area contributed by atoms with Crippen LogP contribution in [0.2, 0.25) is 0 Å². The number of ether oxygens (including phenoxy) is 2. The van der Waals surface area contributed by atoms with Crippen LogP contribution in [0.15, 0.2) is 0 Å². The highest BCUT2D eigenvalue weighted by atomic mass is 31.1. The van der Waals surface area contributed by atoms with E-state index >= 15 is 0 Å². The Labute approximate surface area is 355 Å². The van der Waals surface area contributed by atoms with Crippen molar-refractivity contribution >= 4 is 30.0 Å². The molecule has 0 aromatic rings. The summed E-state index contributed by atoms with van der Waals surface area (Å²) in [6.45, 7) is 7.88. The molecule has 0 spiro atoms. The van der Waals surface area contributed by atoms with Crippen molar-refractivity contribution in [3.05, 3.63) is 0 Å². The van der Waals surface area contributed by atoms with Gasteiger partial charge in [-0.05, 0) is 151 Å². The summed E-state index contributed by atoms with van der Waals surface area (Å²) in [4.78, 5) is 28.9. The number of esters is 2. The molecule has 8 nitrogen and oxygen atoms in total. The fourth-order valence-electron chi connectivity index (χ4n) is 14.8. The minimum Gasteiger partial charge on any atom is -0.463 e. The Morgan fingerprint density at radius 3 is 1.16 bits per heavy atom. The fourth-order valence-corrected chi connectivity index (χ4v) is 16.6. The number of hydrogen-bond acceptors (Lipinski definition) is 8. The van der Waals surface area contributed by atoms with Crippen molar-refractivity contribution in [2.75, 3.05) is 0 Å². The lowest BCUT2D eigenvalue weighted by Gasteiger charge is -2.57. The minimum absolute atomic E-state index is 0.0705. The largest absolute Gasteiger partial charge is 0.463 e. The van der Waals surface area contributed by atoms with E-state index in [1.807, 2.05) is 27.7 Å². The zero-order chi connectivity index (χ0) is 40.2. The second-order valence-electron chi connectivity index (χ2n) is 21.1. The lowest BCUT2D eigenvalue weighted by molar-refractivity contribution is -0.184. The topological polar surface area (TPSA) is 89.5 Å². The Balaban J connectivity index is 1.12. The summed E-state index contributed by atoms with van der Waals surface area (Å²) in [6.07, 6.45) is 28.4. The van der Waals surface area contributed by atoms with Crippen LogP contribution in [-0.2, 0) is 37.2 Å². The molecule has 18 unspecified atom stereocenters. The van der Waals surface area contributed by atoms with Crippen molar-refractivity contribution in [2.24, 2.45) is 71.0 Å². The molecule has 8 aliphatic rings. The van der Waals surface area contributed by atoms with Gasteiger partial charge in [0, 0.05) is 0 Å². The smallest absolute Gasteiger partial charge is 0.311 e. The van der Waals surface area contributed by atoms with Gasteiger partial charge in [0.1, 0.15) is 0 Å². The molecule has 0 N–H and O–H groups in total. The molecule has 0 aliphatic heterocycles. The monoisotopic (exact) mass is 847 g/mol. The van der Waals surface area contributed by atoms with Crippen molar-refractivity contribution in [1.82, 2.24) is 0 Å². The highest BCUT2D eigenvalue weighted by Crippen LogP contribution is 2.60. The van der Waals surface area contributed by atoms with Crippen LogP contribution in [0.1, 0.15) is 182 Å². The number of carbonyl (C=O) groups is 2. The molecule has 0 radical (unpaired) electrons. The Kier molecular flexibility index (Phi) is 15.9. The van der Waals surface area contributed by atoms with Crippen molar-refractivity contribution in [1.29, 1.82) is 0 Å². The summed E-state index contributed by atoms with van der Waals surface area (Å²) < 4.78 is 40.5. The first kappa shape index (κ1) is 44.3. The molecule has 0 amide bonds. The van der Waals surface area contributed by atoms with E-state index in [1.165, 1.54) is 103 Å². The molecule has 58 heavy (non-hydrogen) atoms. The van der Waals surface area contributed by atoms with Crippen LogP contribution in [0.3, 0.4) is 0 Å². The normalized spacial score (nSPS) is 43.5. The lowest BCUT2D eigenvalue weighted by atomic mass is 9.50. The standard InChI is InChI=1S/C48H80O8P2/c1-29(2)51-47(49)39-27-33-17-7-11-23-37(33)43(45(39)55-57-53-41-25-13-19-31-15-5-9-21-35(31)41)44-38-24-12-8-18-34(38)28-40(48(50)52-30(3)4)46(44)56-58-54-42-26-14-20-32-16-6-10-22-36(32)42/h29-46,57-58H,5-28H2,1-4H3. The first-order valence-electron chi connectivity index (χ1n) is 24.8. The van der Waals surface area contributed by atoms with E-state index in [0.29, 0.717) is 35.5 Å². The van der Waals surface area contributed by atoms with Crippen molar-refractivity contribution in [3.63, 3.8) is 0 Å². The molecule has 0 aromatic carbocycles. The van der Waals surface area contributed by atoms with Gasteiger partial charge in [-0.3, -0.25) is 9.59 Å². The van der Waals surface area contributed by atoms with Gasteiger partial charge in [-0.2, -0.15) is 0 Å². The lowest BCUT2D eigenvalue weighted by Crippen LogP contribution is -2.59. The molecule has 18 atom stereocenters. The molecule has 8 fully saturated rings. The van der Waals surface area contributed by atoms with Crippen molar-refractivity contribution in [3.8, 4) is 0 Å². The quantitative estimate of drug-likeness (QED) is 0.134. The van der Waals surface area contributed by atoms with Gasteiger partial charge >= 0.3 is 11.9 Å². The van der Waals surface area contributed by atoms with E-state index in [4.69, 9.17) is 27.6 Å². The maximum Gasteiger partial charge on any atom is 0.311 e. The van der Waals surface area contributed by atoms with Crippen LogP contribution in [-0.4, -0.2) is 48.6 Å². The highest BCUT2D eigenvalue weighted by Gasteiger charge is 2.59. The van der Waals surface area contributed by atoms with E-state index in [9.17, 15) is 9.59 Å². The average molecular weight is 847 g/mol. The summed E-state index contributed by atoms with van der Waals surface area (Å²) in [5, 5.41) is 0. The SMILES string of the molecule is CC(C)OC(=O)C1CC2CCCCC2C(C2C3CCCCC3CC(C(=O)OC(C)C)C2OPOC2CCCC3CCCCC32)C1OPOC1CCCC2CCCCC21. The van der Waals surface area contributed by atoms with E-state index in [-0.39, 0.29) is 90.3 Å². The van der Waals surface area contributed by atoms with Crippen LogP contribution in [0.5, 0.6) is 0 Å². The third-order valence-electron chi connectivity index (χ3n) is 17.1. The van der Waals surface area contributed by atoms with E-state index in [0.717, 1.165) is 63.2 Å². The molecule has 10 heteroatoms. The van der Waals surface area contributed by atoms with Gasteiger partial charge < -0.3 is 27.6 Å². The van der Waals surface area contributed by atoms with Gasteiger partial charge in [0.15, 0.2) is 18.1 Å². The summed E-state index contributed by atoms with van der Waals surface area (Å²) in [7, 11) is -0.212. The van der Waals surface area contributed by atoms with Gasteiger partial charge in [0.05, 0.1) is 48.5 Å². The predicted molar refractivity (Wildman–Crippen MR) is 231 cm³/mol. The minimum atomic E-state index is -0.355. The number of rotatable bonds is 13. The highest BCUT2D eigenvalue weighted by molar-refractivity contribution is 7.26. The van der Waals surface area contributed by atoms with Crippen LogP contribution < -0.4 is 0 Å². The van der Waals surface area contributed by atoms with Crippen molar-refractivity contribution in [2.45, 2.75) is 218 Å². The Morgan fingerprint density at radius 2 is 0.759 bits per heavy atom. The number of fused-ring (bicyclic) bond motifs is 4. The average Bonchev–Trinajstić information content (AvgIpc) is 3.23. The fraction of sp³-hybridized carbons (Fsp3) is 0.958. The van der Waals surface area contributed by atoms with E-state index in [1.54, 1.807) is 0 Å². The Bertz CT molecular complexity index is 1230. The van der Waals surface area contributed by atoms with Gasteiger partial charge in [-0.1, -0.05) is 89.9 Å². The summed E-state index contributed by atoms with van der Waals surface area (Å²) in [5.41, 5.74) is 0. The van der Waals surface area contributed by atoms with Gasteiger partial charge in [-0.15, -0.1) is 0 Å². The molecule has 8 aliphatic carbocycles. The molecule has 8 saturated carbocycles. The molecule has 0 saturated heterocycles. The first-order chi connectivity index (χ1) is 28.3. The maximum atomic E-state index is 14.4. The van der Waals surface area contributed by atoms with Crippen LogP contribution >= 0.6 is 18.1 Å². The second kappa shape index (κ2) is 20.9. The van der Waals surface area contributed by atoms with Gasteiger partial charge in [-0.25, -0.2) is 0 Å². The third-order valence-corrected chi connectivity index (χ3v) is 18.7. The molecule has 0 bridgehead atoms. The van der Waals surface area contributed by atoms with Crippen LogP contribution in [0.25, 0.3) is 0 Å². The van der Waals surface area contributed by atoms with Gasteiger partial charge in [0.2, 0.25) is 0 Å². The second-order valence-corrected chi connectivity index (χ2v) is 22.4. The number of carbonyl (C=O) groups excluding carboxylic acids is 2. The van der Waals surface area contributed by atoms with Crippen LogP contribution in [0, 0.1) is 71.0 Å². The maximum absolute atomic E-state index is 14.4. The molecule has 330 valence electrons. The van der Waals surface area contributed by atoms with Crippen LogP contribution in [0.4, 0.5) is 0 Å². The summed E-state index contributed by atoms with van der Waals surface area (Å²) in [5.74, 6) is 3.72. The molecule has 0 heterocycles. The molecule has 0 aromatic heterocycles. The Hall–Kier alpha value is -0.360. The predicted octanol–water partition coefficient (Wildman–Crippen LogP) is 12.3. The van der Waals surface area contributed by atoms with E-state index in [2.05, 4.69) is 0 Å². The summed E-state index contributed by atoms with van der Waals surface area (Å²) in [6, 6.07) is 0. The third kappa shape index (κ3) is 10.2.